The molecular formula is C21H21F2N7O2. The Kier molecular flexibility index (Phi) is 4.57. The highest BCUT2D eigenvalue weighted by atomic mass is 19.3. The largest absolute Gasteiger partial charge is 0.330 e. The van der Waals surface area contributed by atoms with Crippen LogP contribution in [0, 0.1) is 20.8 Å². The van der Waals surface area contributed by atoms with Crippen molar-refractivity contribution in [2.75, 3.05) is 6.54 Å². The lowest BCUT2D eigenvalue weighted by Gasteiger charge is -2.23. The van der Waals surface area contributed by atoms with Crippen LogP contribution in [-0.4, -0.2) is 46.5 Å². The van der Waals surface area contributed by atoms with E-state index in [2.05, 4.69) is 20.2 Å². The molecule has 5 rings (SSSR count). The first kappa shape index (κ1) is 20.3. The summed E-state index contributed by atoms with van der Waals surface area (Å²) in [6.07, 6.45) is -0.0000309. The van der Waals surface area contributed by atoms with Gasteiger partial charge in [0, 0.05) is 29.6 Å². The summed E-state index contributed by atoms with van der Waals surface area (Å²) in [7, 11) is 0. The summed E-state index contributed by atoms with van der Waals surface area (Å²) in [6, 6.07) is 2.73. The second kappa shape index (κ2) is 7.21. The molecule has 0 spiro atoms. The van der Waals surface area contributed by atoms with Gasteiger partial charge in [0.25, 0.3) is 17.9 Å². The fourth-order valence-electron chi connectivity index (χ4n) is 4.32. The van der Waals surface area contributed by atoms with Gasteiger partial charge < -0.3 is 4.90 Å². The summed E-state index contributed by atoms with van der Waals surface area (Å²) in [5.41, 5.74) is 2.55. The zero-order valence-corrected chi connectivity index (χ0v) is 17.8. The topological polar surface area (TPSA) is 101 Å². The molecule has 0 bridgehead atoms. The molecule has 0 aliphatic carbocycles. The third-order valence-electron chi connectivity index (χ3n) is 6.06. The van der Waals surface area contributed by atoms with Crippen LogP contribution >= 0.6 is 0 Å². The lowest BCUT2D eigenvalue weighted by molar-refractivity contribution is 0.0734. The molecule has 1 aliphatic heterocycles. The van der Waals surface area contributed by atoms with Gasteiger partial charge in [0.15, 0.2) is 11.3 Å². The number of aryl methyl sites for hydroxylation is 2. The van der Waals surface area contributed by atoms with Crippen LogP contribution in [0.4, 0.5) is 8.78 Å². The predicted octanol–water partition coefficient (Wildman–Crippen LogP) is 2.91. The molecule has 1 N–H and O–H groups in total. The van der Waals surface area contributed by atoms with Gasteiger partial charge >= 0.3 is 0 Å². The Morgan fingerprint density at radius 3 is 2.75 bits per heavy atom. The standard InChI is InChI=1S/C21H21F2N7O2/c1-10-7-16(18(22)23)29-19(25-10)13(9-24-29)21(32)28-6-4-5-15(28)14-8-17-26-12(3)11(2)20(31)30(17)27-14/h7-9,15,18,27H,4-6H2,1-3H3. The fraction of sp³-hybridized carbons (Fsp3) is 0.381. The maximum absolute atomic E-state index is 13.4. The van der Waals surface area contributed by atoms with Gasteiger partial charge in [-0.15, -0.1) is 0 Å². The molecule has 1 amide bonds. The maximum atomic E-state index is 13.4. The van der Waals surface area contributed by atoms with Crippen molar-refractivity contribution in [3.05, 3.63) is 62.6 Å². The van der Waals surface area contributed by atoms with E-state index in [9.17, 15) is 18.4 Å². The van der Waals surface area contributed by atoms with Crippen LogP contribution in [0.5, 0.6) is 0 Å². The molecule has 1 aliphatic rings. The summed E-state index contributed by atoms with van der Waals surface area (Å²) in [6.45, 7) is 5.59. The molecule has 1 unspecified atom stereocenters. The van der Waals surface area contributed by atoms with E-state index in [0.717, 1.165) is 10.9 Å². The van der Waals surface area contributed by atoms with Crippen molar-refractivity contribution in [2.45, 2.75) is 46.1 Å². The zero-order chi connectivity index (χ0) is 22.7. The van der Waals surface area contributed by atoms with E-state index in [1.54, 1.807) is 31.7 Å². The van der Waals surface area contributed by atoms with E-state index in [-0.39, 0.29) is 34.4 Å². The number of hydrogen-bond acceptors (Lipinski definition) is 5. The molecule has 0 saturated carbocycles. The molecule has 9 nitrogen and oxygen atoms in total. The third kappa shape index (κ3) is 2.99. The molecule has 1 saturated heterocycles. The second-order valence-electron chi connectivity index (χ2n) is 8.11. The number of alkyl halides is 2. The number of nitrogens with one attached hydrogen (secondary N) is 1. The van der Waals surface area contributed by atoms with Crippen LogP contribution in [-0.2, 0) is 0 Å². The first-order chi connectivity index (χ1) is 15.3. The summed E-state index contributed by atoms with van der Waals surface area (Å²) in [5.74, 6) is -0.341. The zero-order valence-electron chi connectivity index (χ0n) is 17.8. The van der Waals surface area contributed by atoms with Crippen molar-refractivity contribution in [3.8, 4) is 0 Å². The molecule has 5 heterocycles. The van der Waals surface area contributed by atoms with Gasteiger partial charge in [-0.05, 0) is 39.7 Å². The van der Waals surface area contributed by atoms with Gasteiger partial charge in [-0.2, -0.15) is 5.10 Å². The average Bonchev–Trinajstić information content (AvgIpc) is 3.48. The van der Waals surface area contributed by atoms with Crippen LogP contribution in [0.2, 0.25) is 0 Å². The van der Waals surface area contributed by atoms with Crippen molar-refractivity contribution in [1.82, 2.24) is 34.1 Å². The van der Waals surface area contributed by atoms with E-state index in [1.807, 2.05) is 0 Å². The van der Waals surface area contributed by atoms with Crippen molar-refractivity contribution in [3.63, 3.8) is 0 Å². The van der Waals surface area contributed by atoms with E-state index in [4.69, 9.17) is 0 Å². The molecule has 32 heavy (non-hydrogen) atoms. The van der Waals surface area contributed by atoms with Gasteiger partial charge in [0.05, 0.1) is 17.9 Å². The summed E-state index contributed by atoms with van der Waals surface area (Å²) in [5, 5.41) is 7.09. The first-order valence-corrected chi connectivity index (χ1v) is 10.3. The van der Waals surface area contributed by atoms with Gasteiger partial charge in [0.1, 0.15) is 11.3 Å². The summed E-state index contributed by atoms with van der Waals surface area (Å²) in [4.78, 5) is 36.4. The van der Waals surface area contributed by atoms with Crippen molar-refractivity contribution >= 4 is 17.2 Å². The number of nitrogens with zero attached hydrogens (tertiary/aromatic N) is 6. The van der Waals surface area contributed by atoms with Crippen LogP contribution < -0.4 is 5.56 Å². The Labute approximate surface area is 180 Å². The van der Waals surface area contributed by atoms with Crippen LogP contribution in [0.1, 0.15) is 64.0 Å². The number of rotatable bonds is 3. The predicted molar refractivity (Wildman–Crippen MR) is 111 cm³/mol. The van der Waals surface area contributed by atoms with Crippen LogP contribution in [0.15, 0.2) is 23.1 Å². The minimum absolute atomic E-state index is 0.108. The number of carbonyl (C=O) groups excluding carboxylic acids is 1. The highest BCUT2D eigenvalue weighted by Crippen LogP contribution is 2.33. The van der Waals surface area contributed by atoms with E-state index in [0.29, 0.717) is 41.3 Å². The number of aromatic nitrogens is 6. The maximum Gasteiger partial charge on any atom is 0.280 e. The van der Waals surface area contributed by atoms with Crippen molar-refractivity contribution < 1.29 is 13.6 Å². The molecule has 4 aromatic rings. The second-order valence-corrected chi connectivity index (χ2v) is 8.11. The van der Waals surface area contributed by atoms with Gasteiger partial charge in [-0.1, -0.05) is 0 Å². The Bertz CT molecular complexity index is 1440. The van der Waals surface area contributed by atoms with E-state index < -0.39 is 6.43 Å². The van der Waals surface area contributed by atoms with Crippen molar-refractivity contribution in [2.24, 2.45) is 0 Å². The molecule has 4 aromatic heterocycles. The first-order valence-electron chi connectivity index (χ1n) is 10.3. The highest BCUT2D eigenvalue weighted by Gasteiger charge is 2.34. The van der Waals surface area contributed by atoms with Gasteiger partial charge in [0.2, 0.25) is 0 Å². The number of fused-ring (bicyclic) bond motifs is 2. The van der Waals surface area contributed by atoms with E-state index >= 15 is 0 Å². The minimum atomic E-state index is -2.74. The number of carbonyl (C=O) groups is 1. The number of halogens is 2. The van der Waals surface area contributed by atoms with Gasteiger partial charge in [-0.25, -0.2) is 27.8 Å². The molecule has 11 heteroatoms. The van der Waals surface area contributed by atoms with Crippen LogP contribution in [0.25, 0.3) is 11.3 Å². The van der Waals surface area contributed by atoms with Gasteiger partial charge in [-0.3, -0.25) is 14.7 Å². The molecule has 166 valence electrons. The Morgan fingerprint density at radius 2 is 2.00 bits per heavy atom. The minimum Gasteiger partial charge on any atom is -0.330 e. The molecule has 0 radical (unpaired) electrons. The van der Waals surface area contributed by atoms with E-state index in [1.165, 1.54) is 16.8 Å². The SMILES string of the molecule is Cc1cc(C(F)F)n2ncc(C(=O)N3CCCC3c3cc4nc(C)c(C)c(=O)n4[nH]3)c2n1. The summed E-state index contributed by atoms with van der Waals surface area (Å²) >= 11 is 0. The molecular weight excluding hydrogens is 420 g/mol. The average molecular weight is 441 g/mol. The van der Waals surface area contributed by atoms with Crippen LogP contribution in [0.3, 0.4) is 0 Å². The Hall–Kier alpha value is -3.63. The molecule has 1 fully saturated rings. The monoisotopic (exact) mass is 441 g/mol. The van der Waals surface area contributed by atoms with Crippen molar-refractivity contribution in [1.29, 1.82) is 0 Å². The number of hydrogen-bond donors (Lipinski definition) is 1. The normalized spacial score (nSPS) is 16.7. The summed E-state index contributed by atoms with van der Waals surface area (Å²) < 4.78 is 29.3. The molecule has 0 aromatic carbocycles. The number of amides is 1. The highest BCUT2D eigenvalue weighted by molar-refractivity contribution is 6.00. The smallest absolute Gasteiger partial charge is 0.280 e. The number of aromatic amines is 1. The lowest BCUT2D eigenvalue weighted by Crippen LogP contribution is -2.31. The lowest BCUT2D eigenvalue weighted by atomic mass is 10.1. The number of H-pyrrole nitrogens is 1. The molecule has 1 atom stereocenters. The fourth-order valence-corrected chi connectivity index (χ4v) is 4.32. The number of likely N-dealkylation sites (tertiary alicyclic amines) is 1. The third-order valence-corrected chi connectivity index (χ3v) is 6.06. The quantitative estimate of drug-likeness (QED) is 0.527. The Balaban J connectivity index is 1.56. The Morgan fingerprint density at radius 1 is 1.22 bits per heavy atom.